The van der Waals surface area contributed by atoms with Crippen LogP contribution in [0.25, 0.3) is 0 Å². The molecule has 0 aromatic carbocycles. The van der Waals surface area contributed by atoms with Gasteiger partial charge in [0.05, 0.1) is 18.9 Å². The van der Waals surface area contributed by atoms with Gasteiger partial charge in [0.25, 0.3) is 0 Å². The predicted octanol–water partition coefficient (Wildman–Crippen LogP) is 2.32. The first-order chi connectivity index (χ1) is 7.84. The smallest absolute Gasteiger partial charge is 0.0947 e. The van der Waals surface area contributed by atoms with E-state index in [0.717, 1.165) is 19.6 Å². The summed E-state index contributed by atoms with van der Waals surface area (Å²) in [5, 5.41) is 3.41. The van der Waals surface area contributed by atoms with E-state index in [0.29, 0.717) is 5.92 Å². The van der Waals surface area contributed by atoms with Gasteiger partial charge in [0.1, 0.15) is 0 Å². The number of furan rings is 1. The minimum Gasteiger partial charge on any atom is -0.472 e. The molecule has 17 heavy (non-hydrogen) atoms. The SMILES string of the molecule is CC(CNCc1ccoc1)Cn1ccnc1.Cl. The molecule has 0 saturated heterocycles. The minimum atomic E-state index is 0. The first-order valence-corrected chi connectivity index (χ1v) is 5.52. The second-order valence-corrected chi connectivity index (χ2v) is 4.13. The van der Waals surface area contributed by atoms with Crippen LogP contribution in [0.5, 0.6) is 0 Å². The zero-order valence-corrected chi connectivity index (χ0v) is 10.7. The van der Waals surface area contributed by atoms with E-state index in [4.69, 9.17) is 4.42 Å². The Morgan fingerprint density at radius 2 is 2.41 bits per heavy atom. The molecule has 0 aliphatic heterocycles. The Morgan fingerprint density at radius 1 is 1.53 bits per heavy atom. The normalized spacial score (nSPS) is 12.1. The molecule has 2 rings (SSSR count). The summed E-state index contributed by atoms with van der Waals surface area (Å²) < 4.78 is 7.11. The molecule has 1 N–H and O–H groups in total. The van der Waals surface area contributed by atoms with Gasteiger partial charge >= 0.3 is 0 Å². The topological polar surface area (TPSA) is 43.0 Å². The van der Waals surface area contributed by atoms with E-state index in [1.54, 1.807) is 12.5 Å². The van der Waals surface area contributed by atoms with Gasteiger partial charge in [-0.15, -0.1) is 12.4 Å². The molecule has 5 heteroatoms. The molecule has 2 aromatic heterocycles. The van der Waals surface area contributed by atoms with E-state index in [-0.39, 0.29) is 12.4 Å². The first-order valence-electron chi connectivity index (χ1n) is 5.52. The van der Waals surface area contributed by atoms with Crippen molar-refractivity contribution < 1.29 is 4.42 Å². The highest BCUT2D eigenvalue weighted by Crippen LogP contribution is 2.01. The van der Waals surface area contributed by atoms with Gasteiger partial charge in [-0.3, -0.25) is 0 Å². The standard InChI is InChI=1S/C12H17N3O.ClH/c1-11(8-15-4-3-13-10-15)6-14-7-12-2-5-16-9-12;/h2-5,9-11,14H,6-8H2,1H3;1H. The summed E-state index contributed by atoms with van der Waals surface area (Å²) in [5.74, 6) is 0.584. The maximum Gasteiger partial charge on any atom is 0.0947 e. The Kier molecular flexibility index (Phi) is 5.80. The average Bonchev–Trinajstić information content (AvgIpc) is 2.90. The summed E-state index contributed by atoms with van der Waals surface area (Å²) in [6.07, 6.45) is 9.13. The average molecular weight is 256 g/mol. The third kappa shape index (κ3) is 4.63. The lowest BCUT2D eigenvalue weighted by molar-refractivity contribution is 0.444. The second-order valence-electron chi connectivity index (χ2n) is 4.13. The molecule has 94 valence electrons. The van der Waals surface area contributed by atoms with Gasteiger partial charge in [-0.2, -0.15) is 0 Å². The number of aromatic nitrogens is 2. The van der Waals surface area contributed by atoms with Crippen molar-refractivity contribution in [3.63, 3.8) is 0 Å². The van der Waals surface area contributed by atoms with Crippen LogP contribution in [0.3, 0.4) is 0 Å². The fraction of sp³-hybridized carbons (Fsp3) is 0.417. The van der Waals surface area contributed by atoms with Crippen molar-refractivity contribution >= 4 is 12.4 Å². The molecule has 2 heterocycles. The minimum absolute atomic E-state index is 0. The highest BCUT2D eigenvalue weighted by molar-refractivity contribution is 5.85. The molecule has 0 radical (unpaired) electrons. The molecule has 0 fully saturated rings. The van der Waals surface area contributed by atoms with Gasteiger partial charge in [0.15, 0.2) is 0 Å². The van der Waals surface area contributed by atoms with Gasteiger partial charge in [-0.25, -0.2) is 4.98 Å². The van der Waals surface area contributed by atoms with Crippen molar-refractivity contribution in [2.24, 2.45) is 5.92 Å². The summed E-state index contributed by atoms with van der Waals surface area (Å²) in [7, 11) is 0. The van der Waals surface area contributed by atoms with Gasteiger partial charge in [0.2, 0.25) is 0 Å². The summed E-state index contributed by atoms with van der Waals surface area (Å²) in [4.78, 5) is 4.03. The van der Waals surface area contributed by atoms with Crippen LogP contribution in [-0.4, -0.2) is 16.1 Å². The van der Waals surface area contributed by atoms with Crippen molar-refractivity contribution in [1.82, 2.24) is 14.9 Å². The molecule has 0 aliphatic rings. The number of rotatable bonds is 6. The maximum absolute atomic E-state index is 5.00. The summed E-state index contributed by atoms with van der Waals surface area (Å²) >= 11 is 0. The molecule has 0 spiro atoms. The van der Waals surface area contributed by atoms with Crippen molar-refractivity contribution in [3.8, 4) is 0 Å². The Balaban J connectivity index is 0.00000144. The van der Waals surface area contributed by atoms with Gasteiger partial charge < -0.3 is 14.3 Å². The molecule has 0 amide bonds. The fourth-order valence-electron chi connectivity index (χ4n) is 1.68. The molecule has 1 atom stereocenters. The Morgan fingerprint density at radius 3 is 3.06 bits per heavy atom. The summed E-state index contributed by atoms with van der Waals surface area (Å²) in [6.45, 7) is 5.08. The largest absolute Gasteiger partial charge is 0.472 e. The highest BCUT2D eigenvalue weighted by Gasteiger charge is 2.02. The van der Waals surface area contributed by atoms with Crippen LogP contribution in [0.15, 0.2) is 41.7 Å². The monoisotopic (exact) mass is 255 g/mol. The zero-order valence-electron chi connectivity index (χ0n) is 9.87. The zero-order chi connectivity index (χ0) is 11.2. The van der Waals surface area contributed by atoms with E-state index >= 15 is 0 Å². The number of halogens is 1. The maximum atomic E-state index is 5.00. The van der Waals surface area contributed by atoms with Crippen LogP contribution >= 0.6 is 12.4 Å². The lowest BCUT2D eigenvalue weighted by atomic mass is 10.2. The Bertz CT molecular complexity index is 386. The van der Waals surface area contributed by atoms with Gasteiger partial charge in [0, 0.05) is 31.0 Å². The van der Waals surface area contributed by atoms with Crippen LogP contribution in [-0.2, 0) is 13.1 Å². The van der Waals surface area contributed by atoms with E-state index in [1.807, 2.05) is 24.8 Å². The second kappa shape index (κ2) is 7.14. The van der Waals surface area contributed by atoms with Crippen LogP contribution in [0.2, 0.25) is 0 Å². The third-order valence-electron chi connectivity index (χ3n) is 2.48. The molecule has 2 aromatic rings. The van der Waals surface area contributed by atoms with Crippen LogP contribution in [0, 0.1) is 5.92 Å². The predicted molar refractivity (Wildman–Crippen MR) is 69.1 cm³/mol. The molecule has 0 saturated carbocycles. The molecular formula is C12H18ClN3O. The van der Waals surface area contributed by atoms with Crippen LogP contribution in [0.4, 0.5) is 0 Å². The molecule has 1 unspecified atom stereocenters. The summed E-state index contributed by atoms with van der Waals surface area (Å²) in [6, 6.07) is 1.98. The van der Waals surface area contributed by atoms with E-state index in [2.05, 4.69) is 21.8 Å². The lowest BCUT2D eigenvalue weighted by Crippen LogP contribution is -2.23. The number of hydrogen-bond donors (Lipinski definition) is 1. The van der Waals surface area contributed by atoms with E-state index in [9.17, 15) is 0 Å². The molecule has 0 bridgehead atoms. The summed E-state index contributed by atoms with van der Waals surface area (Å²) in [5.41, 5.74) is 1.19. The number of nitrogens with one attached hydrogen (secondary N) is 1. The van der Waals surface area contributed by atoms with Crippen molar-refractivity contribution in [2.75, 3.05) is 6.54 Å². The first kappa shape index (κ1) is 13.8. The number of imidazole rings is 1. The van der Waals surface area contributed by atoms with Crippen molar-refractivity contribution in [2.45, 2.75) is 20.0 Å². The van der Waals surface area contributed by atoms with Gasteiger partial charge in [-0.1, -0.05) is 6.92 Å². The van der Waals surface area contributed by atoms with Crippen LogP contribution < -0.4 is 5.32 Å². The molecular weight excluding hydrogens is 238 g/mol. The molecule has 4 nitrogen and oxygen atoms in total. The van der Waals surface area contributed by atoms with E-state index in [1.165, 1.54) is 5.56 Å². The number of nitrogens with zero attached hydrogens (tertiary/aromatic N) is 2. The Labute approximate surface area is 107 Å². The van der Waals surface area contributed by atoms with Crippen molar-refractivity contribution in [3.05, 3.63) is 42.9 Å². The third-order valence-corrected chi connectivity index (χ3v) is 2.48. The fourth-order valence-corrected chi connectivity index (χ4v) is 1.68. The van der Waals surface area contributed by atoms with E-state index < -0.39 is 0 Å². The number of hydrogen-bond acceptors (Lipinski definition) is 3. The van der Waals surface area contributed by atoms with Gasteiger partial charge in [-0.05, 0) is 18.5 Å². The highest BCUT2D eigenvalue weighted by atomic mass is 35.5. The Hall–Kier alpha value is -1.26. The molecule has 0 aliphatic carbocycles. The lowest BCUT2D eigenvalue weighted by Gasteiger charge is -2.12. The quantitative estimate of drug-likeness (QED) is 0.862. The van der Waals surface area contributed by atoms with Crippen LogP contribution in [0.1, 0.15) is 12.5 Å². The van der Waals surface area contributed by atoms with Crippen molar-refractivity contribution in [1.29, 1.82) is 0 Å².